The van der Waals surface area contributed by atoms with Gasteiger partial charge >= 0.3 is 0 Å². The van der Waals surface area contributed by atoms with Crippen LogP contribution in [0.3, 0.4) is 0 Å². The Balaban J connectivity index is 2.20. The lowest BCUT2D eigenvalue weighted by Crippen LogP contribution is -2.13. The topological polar surface area (TPSA) is 42.0 Å². The molecule has 0 unspecified atom stereocenters. The molecule has 1 amide bonds. The second-order valence-corrected chi connectivity index (χ2v) is 4.14. The number of anilines is 1. The van der Waals surface area contributed by atoms with Gasteiger partial charge in [-0.1, -0.05) is 29.3 Å². The lowest BCUT2D eigenvalue weighted by Gasteiger charge is -2.05. The number of rotatable bonds is 2. The van der Waals surface area contributed by atoms with Crippen molar-refractivity contribution >= 4 is 34.9 Å². The normalized spacial score (nSPS) is 10.0. The summed E-state index contributed by atoms with van der Waals surface area (Å²) in [6.45, 7) is 0. The van der Waals surface area contributed by atoms with Gasteiger partial charge in [0.2, 0.25) is 0 Å². The van der Waals surface area contributed by atoms with E-state index in [4.69, 9.17) is 23.2 Å². The van der Waals surface area contributed by atoms with Crippen molar-refractivity contribution in [2.45, 2.75) is 0 Å². The Bertz CT molecular complexity index is 558. The van der Waals surface area contributed by atoms with Crippen LogP contribution in [-0.2, 0) is 0 Å². The molecule has 0 aliphatic rings. The quantitative estimate of drug-likeness (QED) is 0.902. The van der Waals surface area contributed by atoms with Crippen molar-refractivity contribution in [3.63, 3.8) is 0 Å². The number of carbonyl (C=O) groups is 1. The van der Waals surface area contributed by atoms with Gasteiger partial charge in [0.05, 0.1) is 5.02 Å². The summed E-state index contributed by atoms with van der Waals surface area (Å²) >= 11 is 11.7. The predicted octanol–water partition coefficient (Wildman–Crippen LogP) is 3.64. The van der Waals surface area contributed by atoms with Gasteiger partial charge in [-0.2, -0.15) is 0 Å². The number of hydrogen-bond acceptors (Lipinski definition) is 2. The van der Waals surface area contributed by atoms with Crippen molar-refractivity contribution < 1.29 is 4.79 Å². The highest BCUT2D eigenvalue weighted by Gasteiger charge is 2.09. The Labute approximate surface area is 108 Å². The Morgan fingerprint density at radius 2 is 2.00 bits per heavy atom. The van der Waals surface area contributed by atoms with Crippen LogP contribution in [0.1, 0.15) is 10.4 Å². The van der Waals surface area contributed by atoms with Crippen molar-refractivity contribution in [2.75, 3.05) is 5.32 Å². The van der Waals surface area contributed by atoms with E-state index in [-0.39, 0.29) is 5.91 Å². The first-order valence-electron chi connectivity index (χ1n) is 4.84. The molecule has 1 heterocycles. The smallest absolute Gasteiger partial charge is 0.256 e. The molecule has 2 aromatic rings. The summed E-state index contributed by atoms with van der Waals surface area (Å²) in [5.41, 5.74) is 0.458. The van der Waals surface area contributed by atoms with Crippen molar-refractivity contribution in [2.24, 2.45) is 0 Å². The monoisotopic (exact) mass is 266 g/mol. The highest BCUT2D eigenvalue weighted by atomic mass is 35.5. The van der Waals surface area contributed by atoms with Gasteiger partial charge in [0.1, 0.15) is 0 Å². The zero-order chi connectivity index (χ0) is 12.3. The van der Waals surface area contributed by atoms with Crippen LogP contribution in [-0.4, -0.2) is 10.9 Å². The number of benzene rings is 1. The maximum Gasteiger partial charge on any atom is 0.256 e. The summed E-state index contributed by atoms with van der Waals surface area (Å²) in [5.74, 6) is 0.0345. The van der Waals surface area contributed by atoms with Crippen molar-refractivity contribution in [1.82, 2.24) is 4.98 Å². The standard InChI is InChI=1S/C12H8Cl2N2O/c13-9-4-1-3-8(7-9)12(17)16-11-10(14)5-2-6-15-11/h1-7H,(H,15,16,17). The molecular weight excluding hydrogens is 259 g/mol. The fraction of sp³-hybridized carbons (Fsp3) is 0. The first kappa shape index (κ1) is 11.9. The third kappa shape index (κ3) is 2.96. The molecule has 86 valence electrons. The predicted molar refractivity (Wildman–Crippen MR) is 68.7 cm³/mol. The average Bonchev–Trinajstić information content (AvgIpc) is 2.32. The van der Waals surface area contributed by atoms with E-state index >= 15 is 0 Å². The van der Waals surface area contributed by atoms with Crippen LogP contribution in [0, 0.1) is 0 Å². The van der Waals surface area contributed by atoms with E-state index < -0.39 is 0 Å². The maximum atomic E-state index is 11.9. The van der Waals surface area contributed by atoms with E-state index in [2.05, 4.69) is 10.3 Å². The highest BCUT2D eigenvalue weighted by molar-refractivity contribution is 6.33. The fourth-order valence-electron chi connectivity index (χ4n) is 1.29. The van der Waals surface area contributed by atoms with E-state index in [9.17, 15) is 4.79 Å². The molecule has 17 heavy (non-hydrogen) atoms. The van der Waals surface area contributed by atoms with Crippen LogP contribution in [0.25, 0.3) is 0 Å². The molecule has 0 aliphatic carbocycles. The largest absolute Gasteiger partial charge is 0.305 e. The average molecular weight is 267 g/mol. The number of nitrogens with one attached hydrogen (secondary N) is 1. The zero-order valence-corrected chi connectivity index (χ0v) is 10.2. The van der Waals surface area contributed by atoms with Crippen LogP contribution in [0.2, 0.25) is 10.0 Å². The van der Waals surface area contributed by atoms with Crippen LogP contribution in [0.15, 0.2) is 42.6 Å². The molecule has 0 aliphatic heterocycles. The Morgan fingerprint density at radius 1 is 1.18 bits per heavy atom. The third-order valence-corrected chi connectivity index (χ3v) is 2.62. The molecule has 0 atom stereocenters. The first-order valence-corrected chi connectivity index (χ1v) is 5.60. The number of hydrogen-bond donors (Lipinski definition) is 1. The third-order valence-electron chi connectivity index (χ3n) is 2.08. The van der Waals surface area contributed by atoms with Gasteiger partial charge in [0.15, 0.2) is 5.82 Å². The SMILES string of the molecule is O=C(Nc1ncccc1Cl)c1cccc(Cl)c1. The highest BCUT2D eigenvalue weighted by Crippen LogP contribution is 2.19. The van der Waals surface area contributed by atoms with Gasteiger partial charge < -0.3 is 5.32 Å². The molecule has 0 radical (unpaired) electrons. The van der Waals surface area contributed by atoms with E-state index in [0.29, 0.717) is 21.4 Å². The summed E-state index contributed by atoms with van der Waals surface area (Å²) in [7, 11) is 0. The Kier molecular flexibility index (Phi) is 3.61. The molecule has 0 saturated heterocycles. The van der Waals surface area contributed by atoms with E-state index in [1.165, 1.54) is 0 Å². The second kappa shape index (κ2) is 5.17. The fourth-order valence-corrected chi connectivity index (χ4v) is 1.65. The lowest BCUT2D eigenvalue weighted by atomic mass is 10.2. The molecule has 2 rings (SSSR count). The minimum absolute atomic E-state index is 0.298. The Morgan fingerprint density at radius 3 is 2.71 bits per heavy atom. The lowest BCUT2D eigenvalue weighted by molar-refractivity contribution is 0.102. The molecule has 3 nitrogen and oxygen atoms in total. The van der Waals surface area contributed by atoms with Crippen molar-refractivity contribution in [3.8, 4) is 0 Å². The minimum Gasteiger partial charge on any atom is -0.305 e. The number of halogens is 2. The van der Waals surface area contributed by atoms with Crippen LogP contribution in [0.5, 0.6) is 0 Å². The number of nitrogens with zero attached hydrogens (tertiary/aromatic N) is 1. The van der Waals surface area contributed by atoms with E-state index in [1.54, 1.807) is 42.6 Å². The van der Waals surface area contributed by atoms with Gasteiger partial charge in [0.25, 0.3) is 5.91 Å². The molecule has 0 saturated carbocycles. The Hall–Kier alpha value is -1.58. The summed E-state index contributed by atoms with van der Waals surface area (Å²) in [5, 5.41) is 3.51. The second-order valence-electron chi connectivity index (χ2n) is 3.30. The maximum absolute atomic E-state index is 11.9. The molecule has 0 bridgehead atoms. The number of amides is 1. The molecule has 1 aromatic heterocycles. The summed E-state index contributed by atoms with van der Waals surface area (Å²) in [6, 6.07) is 9.99. The van der Waals surface area contributed by atoms with Crippen molar-refractivity contribution in [1.29, 1.82) is 0 Å². The molecule has 1 N–H and O–H groups in total. The van der Waals surface area contributed by atoms with E-state index in [1.807, 2.05) is 0 Å². The minimum atomic E-state index is -0.298. The zero-order valence-electron chi connectivity index (χ0n) is 8.65. The molecule has 0 spiro atoms. The van der Waals surface area contributed by atoms with Gasteiger partial charge in [-0.3, -0.25) is 4.79 Å². The summed E-state index contributed by atoms with van der Waals surface area (Å²) < 4.78 is 0. The van der Waals surface area contributed by atoms with Crippen molar-refractivity contribution in [3.05, 3.63) is 58.2 Å². The molecule has 1 aromatic carbocycles. The summed E-state index contributed by atoms with van der Waals surface area (Å²) in [6.07, 6.45) is 1.56. The summed E-state index contributed by atoms with van der Waals surface area (Å²) in [4.78, 5) is 15.8. The number of carbonyl (C=O) groups excluding carboxylic acids is 1. The van der Waals surface area contributed by atoms with Gasteiger partial charge in [-0.15, -0.1) is 0 Å². The molecule has 5 heteroatoms. The van der Waals surface area contributed by atoms with Gasteiger partial charge in [-0.25, -0.2) is 4.98 Å². The molecular formula is C12H8Cl2N2O. The van der Waals surface area contributed by atoms with Gasteiger partial charge in [0, 0.05) is 16.8 Å². The molecule has 0 fully saturated rings. The van der Waals surface area contributed by atoms with E-state index in [0.717, 1.165) is 0 Å². The van der Waals surface area contributed by atoms with Crippen LogP contribution < -0.4 is 5.32 Å². The van der Waals surface area contributed by atoms with Gasteiger partial charge in [-0.05, 0) is 30.3 Å². The van der Waals surface area contributed by atoms with Crippen LogP contribution in [0.4, 0.5) is 5.82 Å². The number of aromatic nitrogens is 1. The first-order chi connectivity index (χ1) is 8.16. The van der Waals surface area contributed by atoms with Crippen LogP contribution >= 0.6 is 23.2 Å². The number of pyridine rings is 1.